The molecule has 5 nitrogen and oxygen atoms in total. The number of amides is 2. The molecule has 0 heterocycles. The third-order valence-corrected chi connectivity index (χ3v) is 5.84. The quantitative estimate of drug-likeness (QED) is 0.511. The van der Waals surface area contributed by atoms with Crippen LogP contribution in [0.4, 0.5) is 0 Å². The van der Waals surface area contributed by atoms with Crippen LogP contribution in [0.5, 0.6) is 5.75 Å². The number of hydrogen-bond acceptors (Lipinski definition) is 3. The van der Waals surface area contributed by atoms with Crippen molar-refractivity contribution in [3.8, 4) is 5.75 Å². The van der Waals surface area contributed by atoms with Gasteiger partial charge in [-0.2, -0.15) is 0 Å². The molecular formula is C24H30Cl2N2O3. The van der Waals surface area contributed by atoms with Gasteiger partial charge in [-0.05, 0) is 56.5 Å². The van der Waals surface area contributed by atoms with Crippen molar-refractivity contribution >= 4 is 35.0 Å². The van der Waals surface area contributed by atoms with Gasteiger partial charge in [-0.15, -0.1) is 0 Å². The Hall–Kier alpha value is -2.24. The fraction of sp³-hybridized carbons (Fsp3) is 0.417. The topological polar surface area (TPSA) is 58.6 Å². The number of nitrogens with zero attached hydrogens (tertiary/aromatic N) is 1. The molecule has 1 N–H and O–H groups in total. The molecule has 0 radical (unpaired) electrons. The lowest BCUT2D eigenvalue weighted by atomic mass is 10.1. The highest BCUT2D eigenvalue weighted by atomic mass is 35.5. The number of benzene rings is 2. The van der Waals surface area contributed by atoms with Crippen LogP contribution in [-0.4, -0.2) is 35.4 Å². The van der Waals surface area contributed by atoms with E-state index in [1.807, 2.05) is 45.9 Å². The van der Waals surface area contributed by atoms with Crippen LogP contribution >= 0.6 is 23.2 Å². The van der Waals surface area contributed by atoms with Gasteiger partial charge in [-0.3, -0.25) is 9.59 Å². The summed E-state index contributed by atoms with van der Waals surface area (Å²) in [4.78, 5) is 27.7. The molecule has 0 bridgehead atoms. The van der Waals surface area contributed by atoms with Crippen molar-refractivity contribution in [1.82, 2.24) is 10.2 Å². The van der Waals surface area contributed by atoms with Gasteiger partial charge in [-0.25, -0.2) is 0 Å². The normalized spacial score (nSPS) is 12.7. The van der Waals surface area contributed by atoms with Crippen LogP contribution in [0.1, 0.15) is 44.7 Å². The van der Waals surface area contributed by atoms with Crippen LogP contribution in [0.2, 0.25) is 10.0 Å². The third-order valence-electron chi connectivity index (χ3n) is 5.13. The molecule has 2 amide bonds. The van der Waals surface area contributed by atoms with Crippen molar-refractivity contribution in [2.24, 2.45) is 0 Å². The van der Waals surface area contributed by atoms with Crippen LogP contribution in [0, 0.1) is 6.92 Å². The Morgan fingerprint density at radius 2 is 1.71 bits per heavy atom. The lowest BCUT2D eigenvalue weighted by molar-refractivity contribution is -0.143. The van der Waals surface area contributed by atoms with Crippen LogP contribution in [0.25, 0.3) is 0 Å². The van der Waals surface area contributed by atoms with Gasteiger partial charge in [0.05, 0.1) is 0 Å². The number of nitrogens with one attached hydrogen (secondary N) is 1. The first-order valence-corrected chi connectivity index (χ1v) is 11.2. The maximum atomic E-state index is 13.2. The predicted octanol–water partition coefficient (Wildman–Crippen LogP) is 5.40. The molecule has 168 valence electrons. The first-order chi connectivity index (χ1) is 14.8. The molecule has 0 aliphatic carbocycles. The van der Waals surface area contributed by atoms with Crippen LogP contribution in [0.3, 0.4) is 0 Å². The molecule has 0 spiro atoms. The van der Waals surface area contributed by atoms with E-state index in [-0.39, 0.29) is 31.0 Å². The standard InChI is InChI=1S/C24H30Cl2N2O3/c1-5-17(4)27-24(30)22(6-2)28(14-19-20(25)11-8-12-21(19)26)23(29)15-31-18-10-7-9-16(3)13-18/h7-13,17,22H,5-6,14-15H2,1-4H3,(H,27,30)/t17-,22-/m0/s1. The largest absolute Gasteiger partial charge is 0.484 e. The fourth-order valence-corrected chi connectivity index (χ4v) is 3.66. The van der Waals surface area contributed by atoms with Crippen LogP contribution in [-0.2, 0) is 16.1 Å². The Kier molecular flexibility index (Phi) is 9.66. The highest BCUT2D eigenvalue weighted by molar-refractivity contribution is 6.36. The van der Waals surface area contributed by atoms with E-state index in [0.29, 0.717) is 27.8 Å². The van der Waals surface area contributed by atoms with E-state index in [1.165, 1.54) is 4.90 Å². The summed E-state index contributed by atoms with van der Waals surface area (Å²) in [5.41, 5.74) is 1.63. The number of carbonyl (C=O) groups excluding carboxylic acids is 2. The molecule has 2 rings (SSSR count). The minimum Gasteiger partial charge on any atom is -0.484 e. The summed E-state index contributed by atoms with van der Waals surface area (Å²) in [7, 11) is 0. The van der Waals surface area contributed by atoms with Crippen LogP contribution < -0.4 is 10.1 Å². The molecule has 0 fully saturated rings. The summed E-state index contributed by atoms with van der Waals surface area (Å²) in [5.74, 6) is 0.0776. The van der Waals surface area contributed by atoms with E-state index < -0.39 is 6.04 Å². The fourth-order valence-electron chi connectivity index (χ4n) is 3.15. The molecule has 0 aliphatic heterocycles. The molecule has 0 unspecified atom stereocenters. The lowest BCUT2D eigenvalue weighted by Gasteiger charge is -2.31. The van der Waals surface area contributed by atoms with E-state index in [1.54, 1.807) is 24.3 Å². The molecule has 0 aromatic heterocycles. The summed E-state index contributed by atoms with van der Waals surface area (Å²) in [5, 5.41) is 3.87. The average Bonchev–Trinajstić information content (AvgIpc) is 2.73. The monoisotopic (exact) mass is 464 g/mol. The molecular weight excluding hydrogens is 435 g/mol. The molecule has 2 aromatic carbocycles. The number of rotatable bonds is 10. The second kappa shape index (κ2) is 12.0. The minimum atomic E-state index is -0.671. The van der Waals surface area contributed by atoms with Crippen molar-refractivity contribution in [3.63, 3.8) is 0 Å². The number of halogens is 2. The Morgan fingerprint density at radius 3 is 2.29 bits per heavy atom. The Bertz CT molecular complexity index is 884. The molecule has 0 saturated carbocycles. The molecule has 2 aromatic rings. The summed E-state index contributed by atoms with van der Waals surface area (Å²) in [6.07, 6.45) is 1.24. The highest BCUT2D eigenvalue weighted by Gasteiger charge is 2.30. The SMILES string of the molecule is CC[C@H](C)NC(=O)[C@H](CC)N(Cc1c(Cl)cccc1Cl)C(=O)COc1cccc(C)c1. The summed E-state index contributed by atoms with van der Waals surface area (Å²) >= 11 is 12.7. The molecule has 0 aliphatic rings. The minimum absolute atomic E-state index is 0.00551. The number of aryl methyl sites for hydroxylation is 1. The molecule has 7 heteroatoms. The summed E-state index contributed by atoms with van der Waals surface area (Å²) in [6.45, 7) is 7.67. The van der Waals surface area contributed by atoms with E-state index in [2.05, 4.69) is 5.32 Å². The van der Waals surface area contributed by atoms with Gasteiger partial charge >= 0.3 is 0 Å². The van der Waals surface area contributed by atoms with Gasteiger partial charge in [0.25, 0.3) is 5.91 Å². The first-order valence-electron chi connectivity index (χ1n) is 10.5. The summed E-state index contributed by atoms with van der Waals surface area (Å²) < 4.78 is 5.72. The number of ether oxygens (including phenoxy) is 1. The van der Waals surface area contributed by atoms with Crippen molar-refractivity contribution in [2.75, 3.05) is 6.61 Å². The van der Waals surface area contributed by atoms with Crippen molar-refractivity contribution in [1.29, 1.82) is 0 Å². The first kappa shape index (κ1) is 25.0. The zero-order valence-electron chi connectivity index (χ0n) is 18.5. The van der Waals surface area contributed by atoms with E-state index in [4.69, 9.17) is 27.9 Å². The molecule has 2 atom stereocenters. The van der Waals surface area contributed by atoms with E-state index in [0.717, 1.165) is 12.0 Å². The predicted molar refractivity (Wildman–Crippen MR) is 126 cm³/mol. The second-order valence-corrected chi connectivity index (χ2v) is 8.38. The van der Waals surface area contributed by atoms with Gasteiger partial charge in [0, 0.05) is 28.2 Å². The maximum absolute atomic E-state index is 13.2. The summed E-state index contributed by atoms with van der Waals surface area (Å²) in [6, 6.07) is 12.0. The zero-order chi connectivity index (χ0) is 23.0. The molecule has 0 saturated heterocycles. The average molecular weight is 465 g/mol. The van der Waals surface area contributed by atoms with Gasteiger partial charge in [0.15, 0.2) is 6.61 Å². The zero-order valence-corrected chi connectivity index (χ0v) is 20.0. The van der Waals surface area contributed by atoms with Gasteiger partial charge in [0.1, 0.15) is 11.8 Å². The highest BCUT2D eigenvalue weighted by Crippen LogP contribution is 2.27. The maximum Gasteiger partial charge on any atom is 0.261 e. The van der Waals surface area contributed by atoms with Crippen molar-refractivity contribution < 1.29 is 14.3 Å². The van der Waals surface area contributed by atoms with Crippen molar-refractivity contribution in [3.05, 3.63) is 63.6 Å². The Balaban J connectivity index is 2.28. The van der Waals surface area contributed by atoms with Crippen LogP contribution in [0.15, 0.2) is 42.5 Å². The van der Waals surface area contributed by atoms with Gasteiger partial charge < -0.3 is 15.0 Å². The van der Waals surface area contributed by atoms with E-state index >= 15 is 0 Å². The van der Waals surface area contributed by atoms with Crippen molar-refractivity contribution in [2.45, 2.75) is 59.2 Å². The van der Waals surface area contributed by atoms with E-state index in [9.17, 15) is 9.59 Å². The Labute approximate surface area is 194 Å². The Morgan fingerprint density at radius 1 is 1.06 bits per heavy atom. The lowest BCUT2D eigenvalue weighted by Crippen LogP contribution is -2.51. The second-order valence-electron chi connectivity index (χ2n) is 7.57. The molecule has 31 heavy (non-hydrogen) atoms. The smallest absolute Gasteiger partial charge is 0.261 e. The third kappa shape index (κ3) is 7.15. The van der Waals surface area contributed by atoms with Gasteiger partial charge in [0.2, 0.25) is 5.91 Å². The number of hydrogen-bond donors (Lipinski definition) is 1. The number of carbonyl (C=O) groups is 2. The van der Waals surface area contributed by atoms with Gasteiger partial charge in [-0.1, -0.05) is 55.2 Å².